The van der Waals surface area contributed by atoms with Crippen molar-refractivity contribution in [3.05, 3.63) is 35.4 Å². The largest absolute Gasteiger partial charge is 0.321 e. The van der Waals surface area contributed by atoms with Crippen molar-refractivity contribution in [1.82, 2.24) is 0 Å². The normalized spacial score (nSPS) is 13.7. The molecular weight excluding hydrogens is 186 g/mol. The van der Waals surface area contributed by atoms with E-state index in [0.29, 0.717) is 5.56 Å². The first-order valence-corrected chi connectivity index (χ1v) is 5.19. The summed E-state index contributed by atoms with van der Waals surface area (Å²) in [6.07, 6.45) is 0. The van der Waals surface area contributed by atoms with E-state index < -0.39 is 6.04 Å². The molecule has 0 saturated carbocycles. The van der Waals surface area contributed by atoms with Crippen LogP contribution in [-0.4, -0.2) is 11.8 Å². The third kappa shape index (κ3) is 2.90. The van der Waals surface area contributed by atoms with Crippen molar-refractivity contribution in [2.75, 3.05) is 0 Å². The lowest BCUT2D eigenvalue weighted by Gasteiger charge is -2.25. The van der Waals surface area contributed by atoms with Crippen LogP contribution in [0.15, 0.2) is 24.3 Å². The van der Waals surface area contributed by atoms with Crippen LogP contribution in [-0.2, 0) is 0 Å². The zero-order chi connectivity index (χ0) is 11.6. The number of benzene rings is 1. The van der Waals surface area contributed by atoms with Crippen LogP contribution < -0.4 is 5.73 Å². The van der Waals surface area contributed by atoms with Crippen molar-refractivity contribution in [3.63, 3.8) is 0 Å². The van der Waals surface area contributed by atoms with E-state index in [1.165, 1.54) is 0 Å². The summed E-state index contributed by atoms with van der Waals surface area (Å²) in [4.78, 5) is 12.0. The maximum Gasteiger partial charge on any atom is 0.180 e. The molecule has 0 spiro atoms. The smallest absolute Gasteiger partial charge is 0.180 e. The number of carbonyl (C=O) groups excluding carboxylic acids is 1. The number of carbonyl (C=O) groups is 1. The van der Waals surface area contributed by atoms with Gasteiger partial charge < -0.3 is 5.73 Å². The molecule has 0 saturated heterocycles. The van der Waals surface area contributed by atoms with E-state index in [1.807, 2.05) is 52.0 Å². The highest BCUT2D eigenvalue weighted by molar-refractivity contribution is 6.00. The summed E-state index contributed by atoms with van der Waals surface area (Å²) in [5, 5.41) is 0. The Labute approximate surface area is 91.5 Å². The highest BCUT2D eigenvalue weighted by Crippen LogP contribution is 2.20. The molecule has 0 fully saturated rings. The first kappa shape index (κ1) is 11.9. The van der Waals surface area contributed by atoms with Crippen LogP contribution in [0.1, 0.15) is 36.7 Å². The predicted molar refractivity (Wildman–Crippen MR) is 62.9 cm³/mol. The van der Waals surface area contributed by atoms with E-state index >= 15 is 0 Å². The van der Waals surface area contributed by atoms with Crippen LogP contribution in [0.2, 0.25) is 0 Å². The fraction of sp³-hybridized carbons (Fsp3) is 0.462. The topological polar surface area (TPSA) is 43.1 Å². The number of ketones is 1. The van der Waals surface area contributed by atoms with Crippen molar-refractivity contribution >= 4 is 5.78 Å². The van der Waals surface area contributed by atoms with E-state index in [9.17, 15) is 4.79 Å². The molecule has 0 aliphatic rings. The molecule has 0 heterocycles. The molecule has 0 aliphatic carbocycles. The molecule has 0 radical (unpaired) electrons. The maximum absolute atomic E-state index is 12.0. The quantitative estimate of drug-likeness (QED) is 0.754. The lowest BCUT2D eigenvalue weighted by Crippen LogP contribution is -2.42. The number of hydrogen-bond donors (Lipinski definition) is 1. The Morgan fingerprint density at radius 2 is 1.67 bits per heavy atom. The SMILES string of the molecule is Cc1ccc(C(=O)C(N)C(C)(C)C)cc1. The van der Waals surface area contributed by atoms with Gasteiger partial charge >= 0.3 is 0 Å². The van der Waals surface area contributed by atoms with Gasteiger partial charge in [-0.05, 0) is 12.3 Å². The first-order chi connectivity index (χ1) is 6.82. The number of Topliss-reactive ketones (excluding diaryl/α,β-unsaturated/α-hetero) is 1. The lowest BCUT2D eigenvalue weighted by atomic mass is 9.83. The molecule has 0 amide bonds. The van der Waals surface area contributed by atoms with E-state index in [1.54, 1.807) is 0 Å². The zero-order valence-corrected chi connectivity index (χ0v) is 9.87. The molecule has 0 bridgehead atoms. The molecule has 1 unspecified atom stereocenters. The summed E-state index contributed by atoms with van der Waals surface area (Å²) >= 11 is 0. The third-order valence-electron chi connectivity index (χ3n) is 2.55. The fourth-order valence-corrected chi connectivity index (χ4v) is 1.29. The fourth-order valence-electron chi connectivity index (χ4n) is 1.29. The van der Waals surface area contributed by atoms with Crippen LogP contribution >= 0.6 is 0 Å². The number of hydrogen-bond acceptors (Lipinski definition) is 2. The minimum absolute atomic E-state index is 0.0162. The standard InChI is InChI=1S/C13H19NO/c1-9-5-7-10(8-6-9)11(15)12(14)13(2,3)4/h5-8,12H,14H2,1-4H3. The van der Waals surface area contributed by atoms with Crippen molar-refractivity contribution in [2.24, 2.45) is 11.1 Å². The molecule has 2 nitrogen and oxygen atoms in total. The zero-order valence-electron chi connectivity index (χ0n) is 9.87. The van der Waals surface area contributed by atoms with Gasteiger partial charge in [-0.2, -0.15) is 0 Å². The first-order valence-electron chi connectivity index (χ1n) is 5.19. The molecule has 2 N–H and O–H groups in total. The molecule has 1 aromatic carbocycles. The highest BCUT2D eigenvalue weighted by atomic mass is 16.1. The Bertz CT molecular complexity index is 346. The van der Waals surface area contributed by atoms with Crippen LogP contribution in [0, 0.1) is 12.3 Å². The summed E-state index contributed by atoms with van der Waals surface area (Å²) < 4.78 is 0. The van der Waals surface area contributed by atoms with Gasteiger partial charge in [0, 0.05) is 5.56 Å². The van der Waals surface area contributed by atoms with Crippen LogP contribution in [0.25, 0.3) is 0 Å². The molecule has 2 heteroatoms. The molecule has 0 aromatic heterocycles. The van der Waals surface area contributed by atoms with Gasteiger partial charge in [0.2, 0.25) is 0 Å². The van der Waals surface area contributed by atoms with E-state index in [-0.39, 0.29) is 11.2 Å². The molecule has 1 rings (SSSR count). The lowest BCUT2D eigenvalue weighted by molar-refractivity contribution is 0.0901. The molecule has 15 heavy (non-hydrogen) atoms. The van der Waals surface area contributed by atoms with Gasteiger partial charge in [-0.15, -0.1) is 0 Å². The van der Waals surface area contributed by atoms with Crippen molar-refractivity contribution in [2.45, 2.75) is 33.7 Å². The number of nitrogens with two attached hydrogens (primary N) is 1. The summed E-state index contributed by atoms with van der Waals surface area (Å²) in [7, 11) is 0. The second-order valence-corrected chi connectivity index (χ2v) is 5.07. The Balaban J connectivity index is 2.90. The van der Waals surface area contributed by atoms with E-state index in [0.717, 1.165) is 5.56 Å². The van der Waals surface area contributed by atoms with E-state index in [2.05, 4.69) is 0 Å². The third-order valence-corrected chi connectivity index (χ3v) is 2.55. The second kappa shape index (κ2) is 4.15. The van der Waals surface area contributed by atoms with Gasteiger partial charge in [0.15, 0.2) is 5.78 Å². The van der Waals surface area contributed by atoms with Gasteiger partial charge in [-0.1, -0.05) is 50.6 Å². The van der Waals surface area contributed by atoms with Gasteiger partial charge in [0.05, 0.1) is 6.04 Å². The molecule has 0 aliphatic heterocycles. The van der Waals surface area contributed by atoms with Gasteiger partial charge in [-0.25, -0.2) is 0 Å². The Morgan fingerprint density at radius 3 is 2.07 bits per heavy atom. The summed E-state index contributed by atoms with van der Waals surface area (Å²) in [6.45, 7) is 7.93. The summed E-state index contributed by atoms with van der Waals surface area (Å²) in [6, 6.07) is 7.10. The summed E-state index contributed by atoms with van der Waals surface area (Å²) in [5.41, 5.74) is 7.57. The molecule has 82 valence electrons. The van der Waals surface area contributed by atoms with Crippen LogP contribution in [0.5, 0.6) is 0 Å². The van der Waals surface area contributed by atoms with Crippen LogP contribution in [0.4, 0.5) is 0 Å². The monoisotopic (exact) mass is 205 g/mol. The average molecular weight is 205 g/mol. The average Bonchev–Trinajstić information content (AvgIpc) is 2.15. The van der Waals surface area contributed by atoms with Crippen molar-refractivity contribution < 1.29 is 4.79 Å². The minimum Gasteiger partial charge on any atom is -0.321 e. The van der Waals surface area contributed by atoms with Gasteiger partial charge in [0.25, 0.3) is 0 Å². The Hall–Kier alpha value is -1.15. The summed E-state index contributed by atoms with van der Waals surface area (Å²) in [5.74, 6) is 0.0162. The Kier molecular flexibility index (Phi) is 3.30. The van der Waals surface area contributed by atoms with Gasteiger partial charge in [0.1, 0.15) is 0 Å². The van der Waals surface area contributed by atoms with Crippen LogP contribution in [0.3, 0.4) is 0 Å². The van der Waals surface area contributed by atoms with Gasteiger partial charge in [-0.3, -0.25) is 4.79 Å². The number of rotatable bonds is 2. The second-order valence-electron chi connectivity index (χ2n) is 5.07. The highest BCUT2D eigenvalue weighted by Gasteiger charge is 2.27. The molecular formula is C13H19NO. The minimum atomic E-state index is -0.444. The molecule has 1 aromatic rings. The molecule has 1 atom stereocenters. The predicted octanol–water partition coefficient (Wildman–Crippen LogP) is 2.55. The van der Waals surface area contributed by atoms with Crippen molar-refractivity contribution in [1.29, 1.82) is 0 Å². The Morgan fingerprint density at radius 1 is 1.20 bits per heavy atom. The maximum atomic E-state index is 12.0. The van der Waals surface area contributed by atoms with Crippen molar-refractivity contribution in [3.8, 4) is 0 Å². The number of aryl methyl sites for hydroxylation is 1. The van der Waals surface area contributed by atoms with E-state index in [4.69, 9.17) is 5.73 Å².